The molecular formula is C8H7BN4O. The normalized spacial score (nSPS) is 10.4. The van der Waals surface area contributed by atoms with Crippen LogP contribution in [-0.2, 0) is 4.79 Å². The molecule has 6 heteroatoms. The Kier molecular flexibility index (Phi) is 1.96. The van der Waals surface area contributed by atoms with Crippen molar-refractivity contribution in [3.8, 4) is 0 Å². The van der Waals surface area contributed by atoms with Crippen LogP contribution in [0.15, 0.2) is 18.6 Å². The Balaban J connectivity index is 2.46. The number of carbonyl (C=O) groups is 1. The van der Waals surface area contributed by atoms with Gasteiger partial charge in [0.1, 0.15) is 7.85 Å². The Hall–Kier alpha value is -1.85. The fraction of sp³-hybridized carbons (Fsp3) is 0.125. The molecule has 5 nitrogen and oxygen atoms in total. The van der Waals surface area contributed by atoms with E-state index in [1.807, 2.05) is 0 Å². The Bertz CT molecular complexity index is 493. The zero-order valence-electron chi connectivity index (χ0n) is 7.56. The number of amides is 1. The van der Waals surface area contributed by atoms with Crippen LogP contribution < -0.4 is 10.9 Å². The van der Waals surface area contributed by atoms with Gasteiger partial charge in [-0.2, -0.15) is 0 Å². The van der Waals surface area contributed by atoms with E-state index in [4.69, 9.17) is 7.85 Å². The molecular weight excluding hydrogens is 179 g/mol. The minimum atomic E-state index is -0.158. The molecule has 2 aromatic rings. The number of fused-ring (bicyclic) bond motifs is 1. The van der Waals surface area contributed by atoms with Gasteiger partial charge in [0.2, 0.25) is 5.91 Å². The van der Waals surface area contributed by atoms with Crippen LogP contribution in [0, 0.1) is 0 Å². The van der Waals surface area contributed by atoms with Crippen LogP contribution in [0.4, 0.5) is 5.82 Å². The van der Waals surface area contributed by atoms with Crippen molar-refractivity contribution in [2.24, 2.45) is 0 Å². The highest BCUT2D eigenvalue weighted by Gasteiger charge is 2.02. The van der Waals surface area contributed by atoms with Gasteiger partial charge in [0.15, 0.2) is 11.5 Å². The second-order valence-corrected chi connectivity index (χ2v) is 2.88. The summed E-state index contributed by atoms with van der Waals surface area (Å²) in [5.74, 6) is 0.333. The maximum Gasteiger partial charge on any atom is 0.222 e. The molecule has 2 radical (unpaired) electrons. The average molecular weight is 186 g/mol. The smallest absolute Gasteiger partial charge is 0.222 e. The molecule has 0 bridgehead atoms. The number of aromatic nitrogens is 3. The Morgan fingerprint density at radius 2 is 2.36 bits per heavy atom. The Labute approximate surface area is 81.6 Å². The summed E-state index contributed by atoms with van der Waals surface area (Å²) in [5.41, 5.74) is 1.05. The van der Waals surface area contributed by atoms with Gasteiger partial charge < -0.3 is 9.72 Å². The van der Waals surface area contributed by atoms with Gasteiger partial charge in [-0.3, -0.25) is 9.78 Å². The average Bonchev–Trinajstić information content (AvgIpc) is 2.44. The molecule has 68 valence electrons. The lowest BCUT2D eigenvalue weighted by atomic mass is 10.1. The third-order valence-corrected chi connectivity index (χ3v) is 1.67. The third-order valence-electron chi connectivity index (χ3n) is 1.67. The highest BCUT2D eigenvalue weighted by molar-refractivity contribution is 6.30. The van der Waals surface area contributed by atoms with Crippen LogP contribution in [0.5, 0.6) is 0 Å². The highest BCUT2D eigenvalue weighted by atomic mass is 16.1. The molecule has 14 heavy (non-hydrogen) atoms. The molecule has 2 aromatic heterocycles. The molecule has 2 rings (SSSR count). The summed E-state index contributed by atoms with van der Waals surface area (Å²) in [7, 11) is 5.49. The van der Waals surface area contributed by atoms with E-state index in [1.54, 1.807) is 23.0 Å². The maximum absolute atomic E-state index is 10.8. The number of rotatable bonds is 1. The van der Waals surface area contributed by atoms with Gasteiger partial charge in [-0.1, -0.05) is 0 Å². The minimum Gasteiger partial charge on any atom is -0.310 e. The standard InChI is InChI=1S/C8H7BN4O/c1-5(14)11-7-4-13-3-6(9)10-2-8(13)12-7/h2-4H,1H3,(H,11,14). The molecule has 0 atom stereocenters. The number of hydrogen-bond acceptors (Lipinski definition) is 3. The van der Waals surface area contributed by atoms with Crippen LogP contribution >= 0.6 is 0 Å². The summed E-state index contributed by atoms with van der Waals surface area (Å²) in [6, 6.07) is 0. The molecule has 0 fully saturated rings. The molecule has 0 unspecified atom stereocenters. The van der Waals surface area contributed by atoms with Crippen LogP contribution in [0.1, 0.15) is 6.92 Å². The minimum absolute atomic E-state index is 0.158. The first kappa shape index (κ1) is 8.74. The van der Waals surface area contributed by atoms with Crippen molar-refractivity contribution in [1.82, 2.24) is 14.4 Å². The number of nitrogens with one attached hydrogen (secondary N) is 1. The fourth-order valence-electron chi connectivity index (χ4n) is 1.16. The summed E-state index contributed by atoms with van der Waals surface area (Å²) in [6.45, 7) is 1.43. The van der Waals surface area contributed by atoms with Gasteiger partial charge in [0.05, 0.1) is 12.4 Å². The van der Waals surface area contributed by atoms with Crippen molar-refractivity contribution in [3.63, 3.8) is 0 Å². The quantitative estimate of drug-likeness (QED) is 0.609. The van der Waals surface area contributed by atoms with E-state index in [0.717, 1.165) is 0 Å². The van der Waals surface area contributed by atoms with E-state index in [-0.39, 0.29) is 5.91 Å². The maximum atomic E-state index is 10.8. The predicted octanol–water partition coefficient (Wildman–Crippen LogP) is -0.519. The Morgan fingerprint density at radius 3 is 3.07 bits per heavy atom. The van der Waals surface area contributed by atoms with Gasteiger partial charge in [-0.25, -0.2) is 4.98 Å². The first-order valence-corrected chi connectivity index (χ1v) is 4.03. The summed E-state index contributed by atoms with van der Waals surface area (Å²) in [5, 5.41) is 2.57. The van der Waals surface area contributed by atoms with E-state index in [1.165, 1.54) is 6.92 Å². The van der Waals surface area contributed by atoms with E-state index in [0.29, 0.717) is 17.1 Å². The van der Waals surface area contributed by atoms with Gasteiger partial charge in [-0.15, -0.1) is 0 Å². The van der Waals surface area contributed by atoms with E-state index in [2.05, 4.69) is 15.3 Å². The Morgan fingerprint density at radius 1 is 1.57 bits per heavy atom. The zero-order chi connectivity index (χ0) is 10.1. The van der Waals surface area contributed by atoms with E-state index < -0.39 is 0 Å². The summed E-state index contributed by atoms with van der Waals surface area (Å²) in [4.78, 5) is 18.7. The first-order chi connectivity index (χ1) is 6.65. The summed E-state index contributed by atoms with van der Waals surface area (Å²) in [6.07, 6.45) is 4.85. The van der Waals surface area contributed by atoms with Gasteiger partial charge in [0, 0.05) is 18.7 Å². The lowest BCUT2D eigenvalue weighted by Crippen LogP contribution is -2.09. The lowest BCUT2D eigenvalue weighted by molar-refractivity contribution is -0.114. The molecule has 0 aliphatic rings. The molecule has 0 saturated heterocycles. The number of carbonyl (C=O) groups excluding carboxylic acids is 1. The lowest BCUT2D eigenvalue weighted by Gasteiger charge is -1.92. The topological polar surface area (TPSA) is 59.3 Å². The fourth-order valence-corrected chi connectivity index (χ4v) is 1.16. The van der Waals surface area contributed by atoms with E-state index >= 15 is 0 Å². The van der Waals surface area contributed by atoms with Crippen molar-refractivity contribution in [3.05, 3.63) is 18.6 Å². The molecule has 0 aromatic carbocycles. The molecule has 0 spiro atoms. The molecule has 1 amide bonds. The first-order valence-electron chi connectivity index (χ1n) is 4.03. The van der Waals surface area contributed by atoms with E-state index in [9.17, 15) is 4.79 Å². The number of nitrogens with zero attached hydrogens (tertiary/aromatic N) is 3. The molecule has 0 aliphatic heterocycles. The van der Waals surface area contributed by atoms with Gasteiger partial charge in [0.25, 0.3) is 0 Å². The van der Waals surface area contributed by atoms with Crippen LogP contribution in [-0.4, -0.2) is 28.1 Å². The zero-order valence-corrected chi connectivity index (χ0v) is 7.56. The highest BCUT2D eigenvalue weighted by Crippen LogP contribution is 2.06. The second kappa shape index (κ2) is 3.14. The monoisotopic (exact) mass is 186 g/mol. The van der Waals surface area contributed by atoms with Gasteiger partial charge in [-0.05, 0) is 0 Å². The summed E-state index contributed by atoms with van der Waals surface area (Å²) < 4.78 is 1.70. The van der Waals surface area contributed by atoms with Crippen molar-refractivity contribution in [2.45, 2.75) is 6.92 Å². The largest absolute Gasteiger partial charge is 0.310 e. The van der Waals surface area contributed by atoms with Crippen LogP contribution in [0.25, 0.3) is 5.65 Å². The van der Waals surface area contributed by atoms with Crippen LogP contribution in [0.3, 0.4) is 0 Å². The number of hydrogen-bond donors (Lipinski definition) is 1. The molecule has 2 heterocycles. The predicted molar refractivity (Wildman–Crippen MR) is 52.7 cm³/mol. The molecule has 0 saturated carbocycles. The number of anilines is 1. The second-order valence-electron chi connectivity index (χ2n) is 2.88. The third kappa shape index (κ3) is 1.59. The summed E-state index contributed by atoms with van der Waals surface area (Å²) >= 11 is 0. The van der Waals surface area contributed by atoms with Crippen molar-refractivity contribution in [2.75, 3.05) is 5.32 Å². The van der Waals surface area contributed by atoms with Gasteiger partial charge >= 0.3 is 0 Å². The van der Waals surface area contributed by atoms with Crippen molar-refractivity contribution in [1.29, 1.82) is 0 Å². The number of imidazole rings is 1. The van der Waals surface area contributed by atoms with Crippen molar-refractivity contribution < 1.29 is 4.79 Å². The molecule has 0 aliphatic carbocycles. The van der Waals surface area contributed by atoms with Crippen LogP contribution in [0.2, 0.25) is 0 Å². The molecule has 1 N–H and O–H groups in total. The SMILES string of the molecule is [B]c1cn2cc(NC(C)=O)nc2cn1. The van der Waals surface area contributed by atoms with Crippen molar-refractivity contribution >= 4 is 30.8 Å².